The highest BCUT2D eigenvalue weighted by molar-refractivity contribution is 5.99. The van der Waals surface area contributed by atoms with Gasteiger partial charge in [0.05, 0.1) is 38.7 Å². The number of hydrogen-bond donors (Lipinski definition) is 2. The smallest absolute Gasteiger partial charge is 0.200 e. The molecule has 0 spiro atoms. The third-order valence-electron chi connectivity index (χ3n) is 6.01. The number of nitrogens with one attached hydrogen (secondary N) is 2. The fraction of sp³-hybridized carbons (Fsp3) is 0.393. The first-order valence-corrected chi connectivity index (χ1v) is 11.8. The van der Waals surface area contributed by atoms with Crippen LogP contribution in [-0.4, -0.2) is 38.8 Å². The van der Waals surface area contributed by atoms with Crippen molar-refractivity contribution in [1.29, 1.82) is 0 Å². The van der Waals surface area contributed by atoms with Gasteiger partial charge < -0.3 is 24.8 Å². The number of methoxy groups -OCH3 is 1. The highest BCUT2D eigenvalue weighted by Gasteiger charge is 2.22. The van der Waals surface area contributed by atoms with Gasteiger partial charge in [-0.05, 0) is 55.0 Å². The van der Waals surface area contributed by atoms with E-state index in [9.17, 15) is 4.79 Å². The Balaban J connectivity index is 1.70. The van der Waals surface area contributed by atoms with Gasteiger partial charge in [0.15, 0.2) is 5.78 Å². The average molecular weight is 465 g/mol. The van der Waals surface area contributed by atoms with Crippen molar-refractivity contribution in [2.24, 2.45) is 0 Å². The molecule has 182 valence electrons. The molecular formula is C28H36N2O4. The Labute approximate surface area is 203 Å². The maximum atomic E-state index is 13.4. The van der Waals surface area contributed by atoms with Crippen LogP contribution in [0.25, 0.3) is 5.70 Å². The highest BCUT2D eigenvalue weighted by atomic mass is 16.5. The molecule has 2 aromatic carbocycles. The molecule has 34 heavy (non-hydrogen) atoms. The van der Waals surface area contributed by atoms with Gasteiger partial charge in [-0.1, -0.05) is 43.5 Å². The molecule has 1 atom stereocenters. The van der Waals surface area contributed by atoms with Gasteiger partial charge in [0, 0.05) is 24.4 Å². The second kappa shape index (κ2) is 13.0. The Morgan fingerprint density at radius 3 is 2.74 bits per heavy atom. The minimum absolute atomic E-state index is 0.0611. The molecule has 0 radical (unpaired) electrons. The molecule has 1 aliphatic rings. The van der Waals surface area contributed by atoms with Crippen molar-refractivity contribution in [3.8, 4) is 5.75 Å². The molecule has 2 N–H and O–H groups in total. The van der Waals surface area contributed by atoms with Crippen LogP contribution in [-0.2, 0) is 27.4 Å². The van der Waals surface area contributed by atoms with Gasteiger partial charge >= 0.3 is 0 Å². The number of hydrogen-bond acceptors (Lipinski definition) is 6. The first kappa shape index (κ1) is 25.5. The average Bonchev–Trinajstić information content (AvgIpc) is 2.85. The molecule has 0 aliphatic carbocycles. The van der Waals surface area contributed by atoms with Crippen LogP contribution in [0.3, 0.4) is 0 Å². The Hall–Kier alpha value is -3.09. The molecular weight excluding hydrogens is 428 g/mol. The molecule has 1 unspecified atom stereocenters. The second-order valence-corrected chi connectivity index (χ2v) is 8.48. The highest BCUT2D eigenvalue weighted by Crippen LogP contribution is 2.20. The summed E-state index contributed by atoms with van der Waals surface area (Å²) in [5, 5.41) is 6.59. The van der Waals surface area contributed by atoms with Gasteiger partial charge in [0.2, 0.25) is 0 Å². The predicted octanol–water partition coefficient (Wildman–Crippen LogP) is 4.52. The van der Waals surface area contributed by atoms with Crippen molar-refractivity contribution in [3.05, 3.63) is 83.6 Å². The fourth-order valence-electron chi connectivity index (χ4n) is 3.95. The lowest BCUT2D eigenvalue weighted by atomic mass is 10.00. The van der Waals surface area contributed by atoms with Crippen molar-refractivity contribution in [1.82, 2.24) is 10.6 Å². The number of carbonyl (C=O) groups excluding carboxylic acids is 1. The summed E-state index contributed by atoms with van der Waals surface area (Å²) in [5.74, 6) is 0.752. The van der Waals surface area contributed by atoms with Crippen LogP contribution in [0.15, 0.2) is 61.3 Å². The number of aryl methyl sites for hydroxylation is 1. The number of ketones is 1. The molecule has 1 heterocycles. The molecule has 0 aromatic heterocycles. The number of fused-ring (bicyclic) bond motifs is 1. The number of ether oxygens (including phenoxy) is 3. The molecule has 6 nitrogen and oxygen atoms in total. The summed E-state index contributed by atoms with van der Waals surface area (Å²) < 4.78 is 16.7. The van der Waals surface area contributed by atoms with Crippen LogP contribution in [0, 0.1) is 6.92 Å². The van der Waals surface area contributed by atoms with E-state index in [1.54, 1.807) is 7.11 Å². The molecule has 1 aliphatic heterocycles. The maximum absolute atomic E-state index is 13.4. The minimum Gasteiger partial charge on any atom is -0.497 e. The van der Waals surface area contributed by atoms with Crippen molar-refractivity contribution in [3.63, 3.8) is 0 Å². The molecule has 0 amide bonds. The lowest BCUT2D eigenvalue weighted by molar-refractivity contribution is -0.117. The van der Waals surface area contributed by atoms with E-state index >= 15 is 0 Å². The maximum Gasteiger partial charge on any atom is 0.200 e. The zero-order valence-electron chi connectivity index (χ0n) is 20.3. The zero-order chi connectivity index (χ0) is 24.3. The quantitative estimate of drug-likeness (QED) is 0.613. The molecule has 0 fully saturated rings. The van der Waals surface area contributed by atoms with Gasteiger partial charge in [0.1, 0.15) is 5.75 Å². The Kier molecular flexibility index (Phi) is 9.74. The third kappa shape index (κ3) is 7.20. The van der Waals surface area contributed by atoms with Gasteiger partial charge in [-0.2, -0.15) is 0 Å². The largest absolute Gasteiger partial charge is 0.497 e. The van der Waals surface area contributed by atoms with Crippen molar-refractivity contribution in [2.75, 3.05) is 26.9 Å². The van der Waals surface area contributed by atoms with E-state index in [-0.39, 0.29) is 5.78 Å². The van der Waals surface area contributed by atoms with Crippen LogP contribution in [0.2, 0.25) is 0 Å². The zero-order valence-corrected chi connectivity index (χ0v) is 20.3. The molecule has 3 rings (SSSR count). The van der Waals surface area contributed by atoms with E-state index in [2.05, 4.69) is 23.8 Å². The summed E-state index contributed by atoms with van der Waals surface area (Å²) in [6.07, 6.45) is 2.39. The first-order chi connectivity index (χ1) is 16.5. The first-order valence-electron chi connectivity index (χ1n) is 11.8. The summed E-state index contributed by atoms with van der Waals surface area (Å²) in [7, 11) is 1.65. The summed E-state index contributed by atoms with van der Waals surface area (Å²) in [6, 6.07) is 13.4. The van der Waals surface area contributed by atoms with E-state index in [0.29, 0.717) is 50.8 Å². The SMILES string of the molecule is C=C(NCc1ccc(OC)cc1C)C(=O)C1CCCCOCCOCc2ccccc2C(=C)N1. The summed E-state index contributed by atoms with van der Waals surface area (Å²) in [4.78, 5) is 13.4. The van der Waals surface area contributed by atoms with Crippen molar-refractivity contribution < 1.29 is 19.0 Å². The summed E-state index contributed by atoms with van der Waals surface area (Å²) in [5.41, 5.74) is 5.25. The molecule has 0 saturated heterocycles. The van der Waals surface area contributed by atoms with E-state index < -0.39 is 6.04 Å². The minimum atomic E-state index is -0.429. The summed E-state index contributed by atoms with van der Waals surface area (Å²) in [6.45, 7) is 13.0. The van der Waals surface area contributed by atoms with Gasteiger partial charge in [-0.3, -0.25) is 4.79 Å². The van der Waals surface area contributed by atoms with E-state index in [4.69, 9.17) is 14.2 Å². The number of rotatable bonds is 6. The lowest BCUT2D eigenvalue weighted by Gasteiger charge is -2.23. The fourth-order valence-corrected chi connectivity index (χ4v) is 3.95. The summed E-state index contributed by atoms with van der Waals surface area (Å²) >= 11 is 0. The van der Waals surface area contributed by atoms with Gasteiger partial charge in [0.25, 0.3) is 0 Å². The van der Waals surface area contributed by atoms with E-state index in [0.717, 1.165) is 40.8 Å². The molecule has 2 aromatic rings. The topological polar surface area (TPSA) is 68.8 Å². The predicted molar refractivity (Wildman–Crippen MR) is 135 cm³/mol. The number of Topliss-reactive ketones (excluding diaryl/α,β-unsaturated/α-hetero) is 1. The van der Waals surface area contributed by atoms with E-state index in [1.807, 2.05) is 49.4 Å². The Bertz CT molecular complexity index is 1000. The monoisotopic (exact) mass is 464 g/mol. The van der Waals surface area contributed by atoms with Crippen LogP contribution in [0.5, 0.6) is 5.75 Å². The van der Waals surface area contributed by atoms with E-state index in [1.165, 1.54) is 0 Å². The molecule has 0 saturated carbocycles. The van der Waals surface area contributed by atoms with Crippen LogP contribution >= 0.6 is 0 Å². The standard InChI is InChI=1S/C28H36N2O4/c1-20-17-25(32-4)13-12-23(20)18-29-22(3)28(31)27-11-7-8-14-33-15-16-34-19-24-9-5-6-10-26(24)21(2)30-27/h5-6,9-10,12-13,17,27,29-30H,2-3,7-8,11,14-16,18-19H2,1,4H3. The normalized spacial score (nSPS) is 17.6. The van der Waals surface area contributed by atoms with Gasteiger partial charge in [-0.15, -0.1) is 0 Å². The molecule has 6 heteroatoms. The third-order valence-corrected chi connectivity index (χ3v) is 6.01. The van der Waals surface area contributed by atoms with Crippen LogP contribution < -0.4 is 15.4 Å². The van der Waals surface area contributed by atoms with Crippen LogP contribution in [0.1, 0.15) is 41.5 Å². The van der Waals surface area contributed by atoms with Crippen LogP contribution in [0.4, 0.5) is 0 Å². The Morgan fingerprint density at radius 1 is 1.15 bits per heavy atom. The van der Waals surface area contributed by atoms with Crippen molar-refractivity contribution >= 4 is 11.5 Å². The number of carbonyl (C=O) groups is 1. The van der Waals surface area contributed by atoms with Gasteiger partial charge in [-0.25, -0.2) is 0 Å². The second-order valence-electron chi connectivity index (χ2n) is 8.48. The lowest BCUT2D eigenvalue weighted by Crippen LogP contribution is -2.39. The van der Waals surface area contributed by atoms with Crippen molar-refractivity contribution in [2.45, 2.75) is 45.4 Å². The number of benzene rings is 2. The molecule has 0 bridgehead atoms. The Morgan fingerprint density at radius 2 is 1.94 bits per heavy atom.